The van der Waals surface area contributed by atoms with Crippen LogP contribution in [-0.2, 0) is 29.6 Å². The molecule has 42 heavy (non-hydrogen) atoms. The number of fused-ring (bicyclic) bond motifs is 1. The fraction of sp³-hybridized carbons (Fsp3) is 0.321. The van der Waals surface area contributed by atoms with Crippen molar-refractivity contribution in [3.05, 3.63) is 72.8 Å². The number of nitrogens with one attached hydrogen (secondary N) is 1. The van der Waals surface area contributed by atoms with Gasteiger partial charge in [-0.1, -0.05) is 12.1 Å². The normalized spacial score (nSPS) is 17.5. The standard InChI is InChI=1S/C28H31N3O9S2/c1-37-21-6-10-24(11-7-21)42(35,36)31-20-27(40-26-5-3-2-4-25(26)31)28(32)29-14-17-39-22-8-12-23(13-9-22)41(33,34)30-15-18-38-19-16-30/h2-13,27H,14-20H2,1H3,(H,29,32)/t27-/m0/s1. The van der Waals surface area contributed by atoms with Crippen LogP contribution >= 0.6 is 0 Å². The maximum Gasteiger partial charge on any atom is 0.264 e. The number of rotatable bonds is 10. The third-order valence-corrected chi connectivity index (χ3v) is 10.5. The Kier molecular flexibility index (Phi) is 8.87. The molecule has 0 aromatic heterocycles. The van der Waals surface area contributed by atoms with Gasteiger partial charge >= 0.3 is 0 Å². The molecule has 0 aliphatic carbocycles. The zero-order valence-corrected chi connectivity index (χ0v) is 24.5. The highest BCUT2D eigenvalue weighted by Gasteiger charge is 2.37. The third kappa shape index (κ3) is 6.31. The molecule has 1 atom stereocenters. The van der Waals surface area contributed by atoms with Crippen molar-refractivity contribution in [2.45, 2.75) is 15.9 Å². The van der Waals surface area contributed by atoms with Gasteiger partial charge < -0.3 is 24.3 Å². The topological polar surface area (TPSA) is 141 Å². The molecule has 0 spiro atoms. The summed E-state index contributed by atoms with van der Waals surface area (Å²) in [5, 5.41) is 2.72. The summed E-state index contributed by atoms with van der Waals surface area (Å²) in [5.41, 5.74) is 0.333. The average molecular weight is 618 g/mol. The van der Waals surface area contributed by atoms with Crippen molar-refractivity contribution < 1.29 is 40.6 Å². The molecular weight excluding hydrogens is 586 g/mol. The fourth-order valence-electron chi connectivity index (χ4n) is 4.54. The first-order chi connectivity index (χ1) is 20.2. The largest absolute Gasteiger partial charge is 0.497 e. The van der Waals surface area contributed by atoms with Crippen LogP contribution in [-0.4, -0.2) is 86.3 Å². The molecule has 2 aliphatic rings. The Labute approximate surface area is 244 Å². The smallest absolute Gasteiger partial charge is 0.264 e. The molecule has 0 bridgehead atoms. The number of carbonyl (C=O) groups is 1. The summed E-state index contributed by atoms with van der Waals surface area (Å²) in [6.07, 6.45) is -1.10. The van der Waals surface area contributed by atoms with Crippen molar-refractivity contribution in [2.24, 2.45) is 0 Å². The summed E-state index contributed by atoms with van der Waals surface area (Å²) >= 11 is 0. The van der Waals surface area contributed by atoms with Crippen LogP contribution in [0.25, 0.3) is 0 Å². The summed E-state index contributed by atoms with van der Waals surface area (Å²) in [6.45, 7) is 1.32. The lowest BCUT2D eigenvalue weighted by atomic mass is 10.2. The Bertz CT molecular complexity index is 1610. The molecule has 5 rings (SSSR count). The second kappa shape index (κ2) is 12.6. The number of ether oxygens (including phenoxy) is 4. The number of hydrogen-bond acceptors (Lipinski definition) is 9. The molecule has 14 heteroatoms. The predicted octanol–water partition coefficient (Wildman–Crippen LogP) is 1.87. The number of anilines is 1. The zero-order chi connectivity index (χ0) is 29.7. The lowest BCUT2D eigenvalue weighted by molar-refractivity contribution is -0.127. The number of benzene rings is 3. The SMILES string of the molecule is COc1ccc(S(=O)(=O)N2C[C@@H](C(=O)NCCOc3ccc(S(=O)(=O)N4CCOCC4)cc3)Oc3ccccc32)cc1. The maximum atomic E-state index is 13.5. The first-order valence-electron chi connectivity index (χ1n) is 13.2. The monoisotopic (exact) mass is 617 g/mol. The molecular formula is C28H31N3O9S2. The van der Waals surface area contributed by atoms with Gasteiger partial charge in [0.2, 0.25) is 10.0 Å². The number of nitrogens with zero attached hydrogens (tertiary/aromatic N) is 2. The summed E-state index contributed by atoms with van der Waals surface area (Å²) in [6, 6.07) is 18.7. The first-order valence-corrected chi connectivity index (χ1v) is 16.1. The number of carbonyl (C=O) groups excluding carboxylic acids is 1. The molecule has 2 aliphatic heterocycles. The minimum absolute atomic E-state index is 0.0522. The average Bonchev–Trinajstić information content (AvgIpc) is 3.03. The van der Waals surface area contributed by atoms with E-state index in [2.05, 4.69) is 5.32 Å². The Balaban J connectivity index is 1.19. The Morgan fingerprint density at radius 2 is 1.50 bits per heavy atom. The highest BCUT2D eigenvalue weighted by molar-refractivity contribution is 7.92. The second-order valence-electron chi connectivity index (χ2n) is 9.41. The first kappa shape index (κ1) is 29.6. The van der Waals surface area contributed by atoms with Crippen molar-refractivity contribution in [3.8, 4) is 17.2 Å². The van der Waals surface area contributed by atoms with E-state index in [1.54, 1.807) is 48.5 Å². The number of hydrogen-bond donors (Lipinski definition) is 1. The molecule has 1 amide bonds. The Hall–Kier alpha value is -3.85. The lowest BCUT2D eigenvalue weighted by Gasteiger charge is -2.34. The minimum atomic E-state index is -4.01. The van der Waals surface area contributed by atoms with Gasteiger partial charge in [-0.25, -0.2) is 16.8 Å². The number of amides is 1. The maximum absolute atomic E-state index is 13.5. The fourth-order valence-corrected chi connectivity index (χ4v) is 7.43. The van der Waals surface area contributed by atoms with Crippen molar-refractivity contribution in [3.63, 3.8) is 0 Å². The van der Waals surface area contributed by atoms with Crippen LogP contribution in [0.15, 0.2) is 82.6 Å². The molecule has 1 fully saturated rings. The summed E-state index contributed by atoms with van der Waals surface area (Å²) in [7, 11) is -6.13. The van der Waals surface area contributed by atoms with E-state index >= 15 is 0 Å². The van der Waals surface area contributed by atoms with Crippen molar-refractivity contribution in [1.29, 1.82) is 0 Å². The van der Waals surface area contributed by atoms with Crippen molar-refractivity contribution >= 4 is 31.6 Å². The van der Waals surface area contributed by atoms with E-state index in [0.29, 0.717) is 43.5 Å². The molecule has 2 heterocycles. The highest BCUT2D eigenvalue weighted by atomic mass is 32.2. The zero-order valence-electron chi connectivity index (χ0n) is 22.8. The van der Waals surface area contributed by atoms with Gasteiger partial charge in [0.15, 0.2) is 6.10 Å². The Morgan fingerprint density at radius 1 is 0.881 bits per heavy atom. The van der Waals surface area contributed by atoms with Gasteiger partial charge in [-0.3, -0.25) is 9.10 Å². The third-order valence-electron chi connectivity index (χ3n) is 6.78. The summed E-state index contributed by atoms with van der Waals surface area (Å²) < 4.78 is 77.1. The van der Waals surface area contributed by atoms with Gasteiger partial charge in [0, 0.05) is 13.1 Å². The van der Waals surface area contributed by atoms with Crippen LogP contribution in [0.5, 0.6) is 17.2 Å². The molecule has 3 aromatic carbocycles. The highest BCUT2D eigenvalue weighted by Crippen LogP contribution is 2.37. The van der Waals surface area contributed by atoms with E-state index in [4.69, 9.17) is 18.9 Å². The van der Waals surface area contributed by atoms with Crippen molar-refractivity contribution in [2.75, 3.05) is 57.4 Å². The molecule has 224 valence electrons. The van der Waals surface area contributed by atoms with E-state index in [1.807, 2.05) is 0 Å². The minimum Gasteiger partial charge on any atom is -0.497 e. The lowest BCUT2D eigenvalue weighted by Crippen LogP contribution is -2.51. The molecule has 12 nitrogen and oxygen atoms in total. The molecule has 0 unspecified atom stereocenters. The number of morpholine rings is 1. The van der Waals surface area contributed by atoms with Crippen LogP contribution in [0.2, 0.25) is 0 Å². The van der Waals surface area contributed by atoms with Crippen LogP contribution in [0, 0.1) is 0 Å². The van der Waals surface area contributed by atoms with E-state index in [-0.39, 0.29) is 35.2 Å². The Morgan fingerprint density at radius 3 is 2.17 bits per heavy atom. The van der Waals surface area contributed by atoms with Gasteiger partial charge in [0.1, 0.15) is 23.9 Å². The van der Waals surface area contributed by atoms with Crippen LogP contribution < -0.4 is 23.8 Å². The van der Waals surface area contributed by atoms with Gasteiger partial charge in [0.25, 0.3) is 15.9 Å². The van der Waals surface area contributed by atoms with E-state index in [9.17, 15) is 21.6 Å². The van der Waals surface area contributed by atoms with E-state index in [0.717, 1.165) is 0 Å². The second-order valence-corrected chi connectivity index (χ2v) is 13.2. The van der Waals surface area contributed by atoms with Gasteiger partial charge in [-0.2, -0.15) is 4.31 Å². The molecule has 0 saturated carbocycles. The molecule has 3 aromatic rings. The predicted molar refractivity (Wildman–Crippen MR) is 153 cm³/mol. The molecule has 1 saturated heterocycles. The van der Waals surface area contributed by atoms with Gasteiger partial charge in [-0.05, 0) is 60.7 Å². The van der Waals surface area contributed by atoms with Crippen LogP contribution in [0.1, 0.15) is 0 Å². The van der Waals surface area contributed by atoms with Gasteiger partial charge in [-0.15, -0.1) is 0 Å². The van der Waals surface area contributed by atoms with E-state index in [1.165, 1.54) is 40.0 Å². The molecule has 0 radical (unpaired) electrons. The van der Waals surface area contributed by atoms with Crippen molar-refractivity contribution in [1.82, 2.24) is 9.62 Å². The van der Waals surface area contributed by atoms with Gasteiger partial charge in [0.05, 0.1) is 48.9 Å². The van der Waals surface area contributed by atoms with Crippen LogP contribution in [0.3, 0.4) is 0 Å². The summed E-state index contributed by atoms with van der Waals surface area (Å²) in [5.74, 6) is 0.717. The summed E-state index contributed by atoms with van der Waals surface area (Å²) in [4.78, 5) is 13.2. The van der Waals surface area contributed by atoms with Crippen LogP contribution in [0.4, 0.5) is 5.69 Å². The van der Waals surface area contributed by atoms with E-state index < -0.39 is 32.1 Å². The number of methoxy groups -OCH3 is 1. The quantitative estimate of drug-likeness (QED) is 0.338. The number of sulfonamides is 2. The number of para-hydroxylation sites is 2. The molecule has 1 N–H and O–H groups in total.